The topological polar surface area (TPSA) is 96.4 Å². The average Bonchev–Trinajstić information content (AvgIpc) is 2.78. The van der Waals surface area contributed by atoms with Gasteiger partial charge in [-0.2, -0.15) is 0 Å². The number of nitrogens with zero attached hydrogens (tertiary/aromatic N) is 3. The van der Waals surface area contributed by atoms with Crippen molar-refractivity contribution in [2.24, 2.45) is 0 Å². The van der Waals surface area contributed by atoms with Gasteiger partial charge >= 0.3 is 0 Å². The maximum atomic E-state index is 12.3. The molecule has 3 rings (SSSR count). The number of benzene rings is 1. The van der Waals surface area contributed by atoms with Crippen LogP contribution >= 0.6 is 0 Å². The highest BCUT2D eigenvalue weighted by molar-refractivity contribution is 5.96. The summed E-state index contributed by atoms with van der Waals surface area (Å²) >= 11 is 0. The zero-order chi connectivity index (χ0) is 21.2. The summed E-state index contributed by atoms with van der Waals surface area (Å²) < 4.78 is 5.49. The van der Waals surface area contributed by atoms with Gasteiger partial charge in [-0.15, -0.1) is 0 Å². The van der Waals surface area contributed by atoms with E-state index in [1.165, 1.54) is 0 Å². The molecule has 2 amide bonds. The molecule has 0 aliphatic carbocycles. The van der Waals surface area contributed by atoms with Crippen LogP contribution in [-0.2, 0) is 4.79 Å². The molecule has 2 heterocycles. The molecular weight excluding hydrogens is 382 g/mol. The number of piperidine rings is 1. The molecular formula is C22H29N5O3. The Hall–Kier alpha value is -3.16. The summed E-state index contributed by atoms with van der Waals surface area (Å²) in [7, 11) is 0. The van der Waals surface area contributed by atoms with Crippen LogP contribution in [0.1, 0.15) is 43.0 Å². The monoisotopic (exact) mass is 411 g/mol. The second kappa shape index (κ2) is 11.1. The summed E-state index contributed by atoms with van der Waals surface area (Å²) in [4.78, 5) is 35.3. The highest BCUT2D eigenvalue weighted by Crippen LogP contribution is 2.18. The van der Waals surface area contributed by atoms with E-state index in [1.807, 2.05) is 13.0 Å². The Kier molecular flexibility index (Phi) is 8.00. The third kappa shape index (κ3) is 6.17. The lowest BCUT2D eigenvalue weighted by Crippen LogP contribution is -2.45. The summed E-state index contributed by atoms with van der Waals surface area (Å²) in [6.45, 7) is 4.47. The average molecular weight is 412 g/mol. The van der Waals surface area contributed by atoms with E-state index in [0.717, 1.165) is 31.9 Å². The van der Waals surface area contributed by atoms with E-state index in [-0.39, 0.29) is 17.9 Å². The largest absolute Gasteiger partial charge is 0.493 e. The fourth-order valence-electron chi connectivity index (χ4n) is 3.46. The van der Waals surface area contributed by atoms with Gasteiger partial charge in [-0.1, -0.05) is 12.1 Å². The molecule has 2 aromatic rings. The van der Waals surface area contributed by atoms with Crippen LogP contribution in [0.15, 0.2) is 42.7 Å². The summed E-state index contributed by atoms with van der Waals surface area (Å²) in [5.74, 6) is 1.15. The molecule has 1 aliphatic heterocycles. The number of hydrogen-bond acceptors (Lipinski definition) is 6. The van der Waals surface area contributed by atoms with Crippen LogP contribution < -0.4 is 20.3 Å². The molecule has 8 heteroatoms. The molecule has 160 valence electrons. The quantitative estimate of drug-likeness (QED) is 0.614. The zero-order valence-corrected chi connectivity index (χ0v) is 17.3. The fraction of sp³-hybridized carbons (Fsp3) is 0.455. The van der Waals surface area contributed by atoms with Gasteiger partial charge in [0.1, 0.15) is 5.75 Å². The molecule has 0 unspecified atom stereocenters. The Morgan fingerprint density at radius 2 is 1.87 bits per heavy atom. The molecule has 1 aliphatic rings. The van der Waals surface area contributed by atoms with Gasteiger partial charge in [0, 0.05) is 44.5 Å². The van der Waals surface area contributed by atoms with E-state index in [1.54, 1.807) is 36.7 Å². The molecule has 0 spiro atoms. The number of rotatable bonds is 9. The van der Waals surface area contributed by atoms with Crippen molar-refractivity contribution in [1.29, 1.82) is 0 Å². The van der Waals surface area contributed by atoms with E-state index < -0.39 is 0 Å². The number of hydrogen-bond donors (Lipinski definition) is 2. The first kappa shape index (κ1) is 21.5. The molecule has 30 heavy (non-hydrogen) atoms. The lowest BCUT2D eigenvalue weighted by molar-refractivity contribution is -0.122. The van der Waals surface area contributed by atoms with Gasteiger partial charge in [0.2, 0.25) is 11.9 Å². The van der Waals surface area contributed by atoms with Gasteiger partial charge in [0.25, 0.3) is 5.91 Å². The van der Waals surface area contributed by atoms with E-state index in [9.17, 15) is 9.59 Å². The van der Waals surface area contributed by atoms with E-state index in [0.29, 0.717) is 37.3 Å². The van der Waals surface area contributed by atoms with Crippen molar-refractivity contribution in [3.8, 4) is 5.75 Å². The summed E-state index contributed by atoms with van der Waals surface area (Å²) in [6.07, 6.45) is 6.19. The van der Waals surface area contributed by atoms with Crippen LogP contribution in [0.3, 0.4) is 0 Å². The second-order valence-corrected chi connectivity index (χ2v) is 7.17. The number of carbonyl (C=O) groups is 2. The van der Waals surface area contributed by atoms with Crippen molar-refractivity contribution in [3.05, 3.63) is 48.3 Å². The van der Waals surface area contributed by atoms with Crippen molar-refractivity contribution in [2.45, 2.75) is 38.6 Å². The molecule has 0 bridgehead atoms. The Morgan fingerprint density at radius 1 is 1.13 bits per heavy atom. The first-order valence-electron chi connectivity index (χ1n) is 10.5. The minimum Gasteiger partial charge on any atom is -0.493 e. The van der Waals surface area contributed by atoms with Gasteiger partial charge in [-0.25, -0.2) is 9.97 Å². The number of aromatic nitrogens is 2. The normalized spacial score (nSPS) is 14.2. The van der Waals surface area contributed by atoms with Crippen LogP contribution in [0.5, 0.6) is 5.75 Å². The van der Waals surface area contributed by atoms with Crippen molar-refractivity contribution < 1.29 is 14.3 Å². The number of nitrogens with one attached hydrogen (secondary N) is 2. The Labute approximate surface area is 177 Å². The number of amides is 2. The Morgan fingerprint density at radius 3 is 2.60 bits per heavy atom. The Bertz CT molecular complexity index is 823. The fourth-order valence-corrected chi connectivity index (χ4v) is 3.46. The number of para-hydroxylation sites is 1. The molecule has 0 atom stereocenters. The van der Waals surface area contributed by atoms with Gasteiger partial charge in [0.15, 0.2) is 0 Å². The van der Waals surface area contributed by atoms with Crippen LogP contribution in [0, 0.1) is 0 Å². The van der Waals surface area contributed by atoms with Crippen molar-refractivity contribution in [3.63, 3.8) is 0 Å². The number of ether oxygens (including phenoxy) is 1. The molecule has 1 saturated heterocycles. The lowest BCUT2D eigenvalue weighted by Gasteiger charge is -2.32. The SMILES string of the molecule is CCOc1ccccc1C(=O)NCCCC(=O)NC1CCN(c2ncccn2)CC1. The minimum absolute atomic E-state index is 0.0216. The molecule has 2 N–H and O–H groups in total. The molecule has 1 aromatic heterocycles. The van der Waals surface area contributed by atoms with Crippen LogP contribution in [0.2, 0.25) is 0 Å². The number of carbonyl (C=O) groups excluding carboxylic acids is 2. The van der Waals surface area contributed by atoms with Crippen molar-refractivity contribution in [2.75, 3.05) is 31.1 Å². The van der Waals surface area contributed by atoms with E-state index in [4.69, 9.17) is 4.74 Å². The predicted octanol–water partition coefficient (Wildman–Crippen LogP) is 2.17. The maximum Gasteiger partial charge on any atom is 0.255 e. The van der Waals surface area contributed by atoms with Gasteiger partial charge < -0.3 is 20.3 Å². The summed E-state index contributed by atoms with van der Waals surface area (Å²) in [5.41, 5.74) is 0.512. The minimum atomic E-state index is -0.185. The van der Waals surface area contributed by atoms with Gasteiger partial charge in [0.05, 0.1) is 12.2 Å². The molecule has 1 fully saturated rings. The van der Waals surface area contributed by atoms with Crippen molar-refractivity contribution in [1.82, 2.24) is 20.6 Å². The smallest absolute Gasteiger partial charge is 0.255 e. The lowest BCUT2D eigenvalue weighted by atomic mass is 10.0. The second-order valence-electron chi connectivity index (χ2n) is 7.17. The molecule has 0 saturated carbocycles. The zero-order valence-electron chi connectivity index (χ0n) is 17.3. The summed E-state index contributed by atoms with van der Waals surface area (Å²) in [6, 6.07) is 9.13. The first-order chi connectivity index (χ1) is 14.7. The van der Waals surface area contributed by atoms with Gasteiger partial charge in [-0.3, -0.25) is 9.59 Å². The van der Waals surface area contributed by atoms with Gasteiger partial charge in [-0.05, 0) is 44.4 Å². The number of anilines is 1. The van der Waals surface area contributed by atoms with E-state index in [2.05, 4.69) is 25.5 Å². The standard InChI is InChI=1S/C22H29N5O3/c1-2-30-19-8-4-3-7-18(19)21(29)23-12-5-9-20(28)26-17-10-15-27(16-11-17)22-24-13-6-14-25-22/h3-4,6-8,13-14,17H,2,5,9-12,15-16H2,1H3,(H,23,29)(H,26,28). The molecule has 0 radical (unpaired) electrons. The van der Waals surface area contributed by atoms with Crippen LogP contribution in [-0.4, -0.2) is 54.1 Å². The molecule has 1 aromatic carbocycles. The Balaban J connectivity index is 1.33. The molecule has 8 nitrogen and oxygen atoms in total. The van der Waals surface area contributed by atoms with Crippen LogP contribution in [0.25, 0.3) is 0 Å². The maximum absolute atomic E-state index is 12.3. The van der Waals surface area contributed by atoms with E-state index >= 15 is 0 Å². The summed E-state index contributed by atoms with van der Waals surface area (Å²) in [5, 5.41) is 5.96. The highest BCUT2D eigenvalue weighted by Gasteiger charge is 2.22. The first-order valence-corrected chi connectivity index (χ1v) is 10.5. The van der Waals surface area contributed by atoms with Crippen LogP contribution in [0.4, 0.5) is 5.95 Å². The predicted molar refractivity (Wildman–Crippen MR) is 115 cm³/mol. The third-order valence-corrected chi connectivity index (χ3v) is 4.99. The third-order valence-electron chi connectivity index (χ3n) is 4.99. The van der Waals surface area contributed by atoms with Crippen molar-refractivity contribution >= 4 is 17.8 Å². The highest BCUT2D eigenvalue weighted by atomic mass is 16.5.